The van der Waals surface area contributed by atoms with Gasteiger partial charge in [0, 0.05) is 13.0 Å². The number of hydrogen-bond acceptors (Lipinski definition) is 7. The van der Waals surface area contributed by atoms with Crippen molar-refractivity contribution < 1.29 is 9.59 Å². The summed E-state index contributed by atoms with van der Waals surface area (Å²) in [5.74, 6) is -0.476. The van der Waals surface area contributed by atoms with Gasteiger partial charge < -0.3 is 5.32 Å². The van der Waals surface area contributed by atoms with Gasteiger partial charge in [-0.1, -0.05) is 23.1 Å². The number of rotatable bonds is 5. The fourth-order valence-electron chi connectivity index (χ4n) is 1.09. The molecule has 1 aromatic rings. The summed E-state index contributed by atoms with van der Waals surface area (Å²) in [6.07, 6.45) is 2.37. The molecular weight excluding hydrogens is 260 g/mol. The molecule has 0 saturated heterocycles. The summed E-state index contributed by atoms with van der Waals surface area (Å²) in [6, 6.07) is 0.543. The van der Waals surface area contributed by atoms with E-state index in [2.05, 4.69) is 20.8 Å². The minimum atomic E-state index is -0.344. The van der Waals surface area contributed by atoms with Crippen molar-refractivity contribution >= 4 is 40.0 Å². The molecule has 1 saturated carbocycles. The number of carbonyl (C=O) groups excluding carboxylic acids is 2. The van der Waals surface area contributed by atoms with Crippen molar-refractivity contribution in [3.05, 3.63) is 0 Å². The van der Waals surface area contributed by atoms with Crippen LogP contribution in [-0.2, 0) is 9.59 Å². The van der Waals surface area contributed by atoms with Crippen LogP contribution in [0.3, 0.4) is 0 Å². The van der Waals surface area contributed by atoms with Gasteiger partial charge >= 0.3 is 0 Å². The van der Waals surface area contributed by atoms with E-state index in [1.807, 2.05) is 0 Å². The molecule has 92 valence electrons. The van der Waals surface area contributed by atoms with Crippen LogP contribution >= 0.6 is 23.1 Å². The lowest BCUT2D eigenvalue weighted by atomic mass is 10.6. The topological polar surface area (TPSA) is 84.0 Å². The third-order valence-electron chi connectivity index (χ3n) is 1.95. The van der Waals surface area contributed by atoms with Crippen molar-refractivity contribution in [2.75, 3.05) is 11.1 Å². The molecule has 2 rings (SSSR count). The number of amides is 2. The number of aromatic nitrogens is 2. The second kappa shape index (κ2) is 5.46. The van der Waals surface area contributed by atoms with Crippen LogP contribution in [0.1, 0.15) is 19.8 Å². The number of nitrogens with one attached hydrogen (secondary N) is 2. The van der Waals surface area contributed by atoms with Gasteiger partial charge in [-0.15, -0.1) is 10.2 Å². The number of imide groups is 1. The molecule has 1 fully saturated rings. The summed E-state index contributed by atoms with van der Waals surface area (Å²) < 4.78 is 0.729. The lowest BCUT2D eigenvalue weighted by Gasteiger charge is -1.97. The summed E-state index contributed by atoms with van der Waals surface area (Å²) in [5.41, 5.74) is 0. The second-order valence-corrected chi connectivity index (χ2v) is 5.88. The number of nitrogens with zero attached hydrogens (tertiary/aromatic N) is 2. The van der Waals surface area contributed by atoms with E-state index in [1.54, 1.807) is 0 Å². The first kappa shape index (κ1) is 12.3. The minimum absolute atomic E-state index is 0.178. The van der Waals surface area contributed by atoms with Gasteiger partial charge in [-0.2, -0.15) is 0 Å². The maximum absolute atomic E-state index is 11.2. The molecule has 1 heterocycles. The van der Waals surface area contributed by atoms with Crippen LogP contribution in [0.25, 0.3) is 0 Å². The molecule has 0 bridgehead atoms. The third-order valence-corrected chi connectivity index (χ3v) is 3.94. The standard InChI is InChI=1S/C9H12N4O2S2/c1-5(14)10-7(15)4-16-9-13-12-8(17-9)11-6-2-3-6/h6H,2-4H2,1H3,(H,11,12)(H,10,14,15). The van der Waals surface area contributed by atoms with Crippen molar-refractivity contribution in [2.45, 2.75) is 30.1 Å². The summed E-state index contributed by atoms with van der Waals surface area (Å²) in [5, 5.41) is 14.2. The van der Waals surface area contributed by atoms with Gasteiger partial charge in [0.2, 0.25) is 16.9 Å². The number of thioether (sulfide) groups is 1. The minimum Gasteiger partial charge on any atom is -0.357 e. The predicted molar refractivity (Wildman–Crippen MR) is 66.1 cm³/mol. The van der Waals surface area contributed by atoms with Crippen LogP contribution in [0.5, 0.6) is 0 Å². The van der Waals surface area contributed by atoms with Crippen LogP contribution in [0.15, 0.2) is 4.34 Å². The third kappa shape index (κ3) is 4.31. The molecule has 1 aliphatic carbocycles. The zero-order valence-corrected chi connectivity index (χ0v) is 10.9. The van der Waals surface area contributed by atoms with Crippen LogP contribution < -0.4 is 10.6 Å². The molecule has 0 aromatic carbocycles. The molecule has 0 spiro atoms. The van der Waals surface area contributed by atoms with Crippen molar-refractivity contribution in [1.82, 2.24) is 15.5 Å². The highest BCUT2D eigenvalue weighted by atomic mass is 32.2. The Morgan fingerprint density at radius 1 is 1.47 bits per heavy atom. The average molecular weight is 272 g/mol. The summed E-state index contributed by atoms with van der Waals surface area (Å²) in [7, 11) is 0. The number of anilines is 1. The number of carbonyl (C=O) groups is 2. The zero-order chi connectivity index (χ0) is 12.3. The molecule has 2 N–H and O–H groups in total. The molecule has 0 unspecified atom stereocenters. The predicted octanol–water partition coefficient (Wildman–Crippen LogP) is 0.867. The Labute approximate surface area is 107 Å². The van der Waals surface area contributed by atoms with E-state index < -0.39 is 0 Å². The maximum Gasteiger partial charge on any atom is 0.236 e. The lowest BCUT2D eigenvalue weighted by Crippen LogP contribution is -2.29. The van der Waals surface area contributed by atoms with E-state index in [9.17, 15) is 9.59 Å². The van der Waals surface area contributed by atoms with Gasteiger partial charge in [0.25, 0.3) is 0 Å². The fourth-order valence-corrected chi connectivity index (χ4v) is 2.72. The molecule has 6 nitrogen and oxygen atoms in total. The van der Waals surface area contributed by atoms with Gasteiger partial charge in [0.05, 0.1) is 5.75 Å². The molecule has 1 aliphatic rings. The van der Waals surface area contributed by atoms with Crippen LogP contribution in [0.2, 0.25) is 0 Å². The van der Waals surface area contributed by atoms with Gasteiger partial charge in [-0.05, 0) is 12.8 Å². The normalized spacial score (nSPS) is 14.4. The van der Waals surface area contributed by atoms with E-state index in [4.69, 9.17) is 0 Å². The first-order valence-corrected chi connectivity index (χ1v) is 6.97. The Morgan fingerprint density at radius 3 is 2.88 bits per heavy atom. The first-order valence-electron chi connectivity index (χ1n) is 5.17. The summed E-state index contributed by atoms with van der Waals surface area (Å²) in [6.45, 7) is 1.31. The molecule has 0 atom stereocenters. The Balaban J connectivity index is 1.76. The van der Waals surface area contributed by atoms with E-state index in [0.717, 1.165) is 9.47 Å². The molecular formula is C9H12N4O2S2. The largest absolute Gasteiger partial charge is 0.357 e. The Bertz CT molecular complexity index is 430. The summed E-state index contributed by atoms with van der Waals surface area (Å²) in [4.78, 5) is 21.8. The Kier molecular flexibility index (Phi) is 3.95. The Morgan fingerprint density at radius 2 is 2.24 bits per heavy atom. The van der Waals surface area contributed by atoms with Gasteiger partial charge in [-0.3, -0.25) is 14.9 Å². The lowest BCUT2D eigenvalue weighted by molar-refractivity contribution is -0.127. The quantitative estimate of drug-likeness (QED) is 0.774. The van der Waals surface area contributed by atoms with Gasteiger partial charge in [-0.25, -0.2) is 0 Å². The second-order valence-electron chi connectivity index (χ2n) is 3.68. The van der Waals surface area contributed by atoms with Crippen LogP contribution in [0.4, 0.5) is 5.13 Å². The Hall–Kier alpha value is -1.15. The monoisotopic (exact) mass is 272 g/mol. The van der Waals surface area contributed by atoms with E-state index in [1.165, 1.54) is 42.9 Å². The molecule has 0 aliphatic heterocycles. The van der Waals surface area contributed by atoms with Crippen LogP contribution in [0, 0.1) is 0 Å². The van der Waals surface area contributed by atoms with E-state index in [-0.39, 0.29) is 17.6 Å². The maximum atomic E-state index is 11.2. The van der Waals surface area contributed by atoms with Gasteiger partial charge in [0.15, 0.2) is 4.34 Å². The highest BCUT2D eigenvalue weighted by Crippen LogP contribution is 2.29. The van der Waals surface area contributed by atoms with Crippen molar-refractivity contribution in [3.8, 4) is 0 Å². The van der Waals surface area contributed by atoms with Crippen molar-refractivity contribution in [1.29, 1.82) is 0 Å². The zero-order valence-electron chi connectivity index (χ0n) is 9.23. The highest BCUT2D eigenvalue weighted by Gasteiger charge is 2.22. The molecule has 2 amide bonds. The average Bonchev–Trinajstić information content (AvgIpc) is 2.93. The summed E-state index contributed by atoms with van der Waals surface area (Å²) >= 11 is 2.71. The van der Waals surface area contributed by atoms with Crippen LogP contribution in [-0.4, -0.2) is 33.8 Å². The smallest absolute Gasteiger partial charge is 0.236 e. The molecule has 1 aromatic heterocycles. The molecule has 17 heavy (non-hydrogen) atoms. The first-order chi connectivity index (χ1) is 8.13. The SMILES string of the molecule is CC(=O)NC(=O)CSc1nnc(NC2CC2)s1. The molecule has 0 radical (unpaired) electrons. The molecule has 8 heteroatoms. The van der Waals surface area contributed by atoms with E-state index in [0.29, 0.717) is 6.04 Å². The fraction of sp³-hybridized carbons (Fsp3) is 0.556. The van der Waals surface area contributed by atoms with Gasteiger partial charge in [0.1, 0.15) is 0 Å². The number of hydrogen-bond donors (Lipinski definition) is 2. The van der Waals surface area contributed by atoms with Crippen molar-refractivity contribution in [3.63, 3.8) is 0 Å². The van der Waals surface area contributed by atoms with Crippen molar-refractivity contribution in [2.24, 2.45) is 0 Å². The van der Waals surface area contributed by atoms with E-state index >= 15 is 0 Å². The highest BCUT2D eigenvalue weighted by molar-refractivity contribution is 8.01.